The third-order valence-electron chi connectivity index (χ3n) is 4.33. The first-order chi connectivity index (χ1) is 11.4. The van der Waals surface area contributed by atoms with Gasteiger partial charge in [0.1, 0.15) is 11.5 Å². The summed E-state index contributed by atoms with van der Waals surface area (Å²) in [7, 11) is 0. The van der Waals surface area contributed by atoms with E-state index in [1.54, 1.807) is 0 Å². The van der Waals surface area contributed by atoms with Gasteiger partial charge in [-0.15, -0.1) is 0 Å². The normalized spacial score (nSPS) is 11.6. The van der Waals surface area contributed by atoms with Crippen LogP contribution >= 0.6 is 0 Å². The zero-order valence-corrected chi connectivity index (χ0v) is 15.9. The zero-order chi connectivity index (χ0) is 17.9. The average Bonchev–Trinajstić information content (AvgIpc) is 2.50. The van der Waals surface area contributed by atoms with E-state index in [-0.39, 0.29) is 11.5 Å². The van der Waals surface area contributed by atoms with Gasteiger partial charge in [0.15, 0.2) is 0 Å². The summed E-state index contributed by atoms with van der Waals surface area (Å²) in [5.41, 5.74) is 4.28. The van der Waals surface area contributed by atoms with E-state index in [1.807, 2.05) is 12.1 Å². The average molecular weight is 331 g/mol. The first-order valence-electron chi connectivity index (χ1n) is 9.26. The number of unbranched alkanes of at least 4 members (excludes halogenated alkanes) is 3. The molecule has 0 bridgehead atoms. The van der Waals surface area contributed by atoms with Gasteiger partial charge in [-0.1, -0.05) is 49.5 Å². The first-order valence-corrected chi connectivity index (χ1v) is 9.26. The molecule has 0 spiro atoms. The van der Waals surface area contributed by atoms with Crippen molar-refractivity contribution in [2.24, 2.45) is 0 Å². The fourth-order valence-corrected chi connectivity index (χ4v) is 2.77. The molecule has 134 valence electrons. The minimum atomic E-state index is 0.217. The van der Waals surface area contributed by atoms with Gasteiger partial charge in [-0.2, -0.15) is 0 Å². The molecule has 1 rings (SSSR count). The van der Waals surface area contributed by atoms with Gasteiger partial charge in [0.25, 0.3) is 0 Å². The Morgan fingerprint density at radius 2 is 1.62 bits per heavy atom. The van der Waals surface area contributed by atoms with E-state index in [9.17, 15) is 10.2 Å². The fraction of sp³-hybridized carbons (Fsp3) is 0.545. The minimum Gasteiger partial charge on any atom is -0.508 e. The molecular weight excluding hydrogens is 296 g/mol. The van der Waals surface area contributed by atoms with Crippen molar-refractivity contribution >= 4 is 0 Å². The van der Waals surface area contributed by atoms with Gasteiger partial charge in [0.2, 0.25) is 0 Å². The lowest BCUT2D eigenvalue weighted by molar-refractivity contribution is 0.439. The summed E-state index contributed by atoms with van der Waals surface area (Å²) in [4.78, 5) is 0. The number of aryl methyl sites for hydroxylation is 1. The predicted octanol–water partition coefficient (Wildman–Crippen LogP) is 6.46. The molecule has 0 aliphatic heterocycles. The minimum absolute atomic E-state index is 0.217. The summed E-state index contributed by atoms with van der Waals surface area (Å²) in [6.07, 6.45) is 12.7. The maximum absolute atomic E-state index is 10.2. The highest BCUT2D eigenvalue weighted by Gasteiger charge is 2.09. The summed E-state index contributed by atoms with van der Waals surface area (Å²) in [5.74, 6) is 0.433. The van der Waals surface area contributed by atoms with Crippen molar-refractivity contribution in [3.8, 4) is 11.5 Å². The van der Waals surface area contributed by atoms with E-state index < -0.39 is 0 Å². The van der Waals surface area contributed by atoms with Crippen LogP contribution < -0.4 is 0 Å². The quantitative estimate of drug-likeness (QED) is 0.382. The van der Waals surface area contributed by atoms with E-state index in [4.69, 9.17) is 0 Å². The van der Waals surface area contributed by atoms with Crippen LogP contribution in [0.25, 0.3) is 0 Å². The molecular formula is C22H34O2. The molecule has 2 nitrogen and oxygen atoms in total. The Morgan fingerprint density at radius 1 is 0.958 bits per heavy atom. The van der Waals surface area contributed by atoms with Gasteiger partial charge >= 0.3 is 0 Å². The lowest BCUT2D eigenvalue weighted by Crippen LogP contribution is -1.91. The molecule has 0 heterocycles. The Hall–Kier alpha value is -1.70. The predicted molar refractivity (Wildman–Crippen MR) is 104 cm³/mol. The second-order valence-electron chi connectivity index (χ2n) is 7.00. The number of phenolic OH excluding ortho intramolecular Hbond substituents is 2. The highest BCUT2D eigenvalue weighted by molar-refractivity contribution is 5.47. The number of hydrogen-bond acceptors (Lipinski definition) is 2. The van der Waals surface area contributed by atoms with E-state index in [0.717, 1.165) is 31.2 Å². The van der Waals surface area contributed by atoms with Crippen LogP contribution in [0.15, 0.2) is 35.4 Å². The molecule has 0 aliphatic rings. The molecule has 1 aromatic carbocycles. The highest BCUT2D eigenvalue weighted by Crippen LogP contribution is 2.30. The van der Waals surface area contributed by atoms with Crippen LogP contribution in [-0.2, 0) is 12.8 Å². The highest BCUT2D eigenvalue weighted by atomic mass is 16.3. The van der Waals surface area contributed by atoms with Crippen LogP contribution in [0, 0.1) is 0 Å². The van der Waals surface area contributed by atoms with Crippen LogP contribution in [0.4, 0.5) is 0 Å². The van der Waals surface area contributed by atoms with Crippen molar-refractivity contribution in [3.05, 3.63) is 46.6 Å². The van der Waals surface area contributed by atoms with E-state index in [0.29, 0.717) is 12.0 Å². The van der Waals surface area contributed by atoms with Gasteiger partial charge in [0.05, 0.1) is 0 Å². The lowest BCUT2D eigenvalue weighted by Gasteiger charge is -2.09. The maximum atomic E-state index is 10.2. The van der Waals surface area contributed by atoms with E-state index >= 15 is 0 Å². The van der Waals surface area contributed by atoms with Crippen LogP contribution in [0.5, 0.6) is 11.5 Å². The Bertz CT molecular complexity index is 540. The molecule has 0 aliphatic carbocycles. The standard InChI is InChI=1S/C22H34O2/c1-5-6-7-8-12-19-15-21(23)20(22(24)16-19)14-13-18(4)11-9-10-17(2)3/h10,13,15-16,23-24H,5-9,11-12,14H2,1-4H3/b18-13+. The Balaban J connectivity index is 2.63. The van der Waals surface area contributed by atoms with E-state index in [1.165, 1.54) is 30.4 Å². The molecule has 0 radical (unpaired) electrons. The summed E-state index contributed by atoms with van der Waals surface area (Å²) < 4.78 is 0. The third kappa shape index (κ3) is 7.72. The van der Waals surface area contributed by atoms with Crippen LogP contribution in [0.1, 0.15) is 77.3 Å². The SMILES string of the molecule is CCCCCCc1cc(O)c(C/C=C(\C)CCC=C(C)C)c(O)c1. The smallest absolute Gasteiger partial charge is 0.123 e. The number of aromatic hydroxyl groups is 2. The van der Waals surface area contributed by atoms with Crippen LogP contribution in [-0.4, -0.2) is 10.2 Å². The Morgan fingerprint density at radius 3 is 2.21 bits per heavy atom. The maximum Gasteiger partial charge on any atom is 0.123 e. The van der Waals surface area contributed by atoms with Crippen molar-refractivity contribution in [1.82, 2.24) is 0 Å². The second-order valence-corrected chi connectivity index (χ2v) is 7.00. The topological polar surface area (TPSA) is 40.5 Å². The van der Waals surface area contributed by atoms with Gasteiger partial charge in [-0.3, -0.25) is 0 Å². The molecule has 0 saturated heterocycles. The molecule has 2 N–H and O–H groups in total. The largest absolute Gasteiger partial charge is 0.508 e. The number of allylic oxidation sites excluding steroid dienone is 4. The molecule has 0 atom stereocenters. The summed E-state index contributed by atoms with van der Waals surface area (Å²) in [6.45, 7) is 8.52. The molecule has 1 aromatic rings. The monoisotopic (exact) mass is 330 g/mol. The molecule has 0 unspecified atom stereocenters. The van der Waals surface area contributed by atoms with Crippen molar-refractivity contribution < 1.29 is 10.2 Å². The molecule has 2 heteroatoms. The lowest BCUT2D eigenvalue weighted by atomic mass is 10.00. The number of hydrogen-bond donors (Lipinski definition) is 2. The van der Waals surface area contributed by atoms with E-state index in [2.05, 4.69) is 39.8 Å². The van der Waals surface area contributed by atoms with Crippen molar-refractivity contribution in [2.75, 3.05) is 0 Å². The summed E-state index contributed by atoms with van der Waals surface area (Å²) in [5, 5.41) is 20.5. The van der Waals surface area contributed by atoms with Gasteiger partial charge < -0.3 is 10.2 Å². The van der Waals surface area contributed by atoms with Gasteiger partial charge in [-0.25, -0.2) is 0 Å². The molecule has 24 heavy (non-hydrogen) atoms. The van der Waals surface area contributed by atoms with Gasteiger partial charge in [-0.05, 0) is 70.6 Å². The molecule has 0 fully saturated rings. The van der Waals surface area contributed by atoms with Crippen LogP contribution in [0.3, 0.4) is 0 Å². The summed E-state index contributed by atoms with van der Waals surface area (Å²) in [6, 6.07) is 3.63. The second kappa shape index (κ2) is 11.0. The number of rotatable bonds is 10. The van der Waals surface area contributed by atoms with Crippen molar-refractivity contribution in [3.63, 3.8) is 0 Å². The van der Waals surface area contributed by atoms with Crippen molar-refractivity contribution in [2.45, 2.75) is 79.1 Å². The summed E-state index contributed by atoms with van der Waals surface area (Å²) >= 11 is 0. The van der Waals surface area contributed by atoms with Crippen LogP contribution in [0.2, 0.25) is 0 Å². The molecule has 0 amide bonds. The van der Waals surface area contributed by atoms with Gasteiger partial charge in [0, 0.05) is 5.56 Å². The molecule has 0 aromatic heterocycles. The number of benzene rings is 1. The first kappa shape index (κ1) is 20.3. The zero-order valence-electron chi connectivity index (χ0n) is 15.9. The Kier molecular flexibility index (Phi) is 9.29. The molecule has 0 saturated carbocycles. The van der Waals surface area contributed by atoms with Crippen molar-refractivity contribution in [1.29, 1.82) is 0 Å². The Labute approximate surface area is 147 Å². The third-order valence-corrected chi connectivity index (χ3v) is 4.33. The fourth-order valence-electron chi connectivity index (χ4n) is 2.77. The number of phenols is 2.